The van der Waals surface area contributed by atoms with E-state index in [1.165, 1.54) is 6.08 Å². The number of amides is 1. The van der Waals surface area contributed by atoms with Crippen molar-refractivity contribution in [2.45, 2.75) is 0 Å². The van der Waals surface area contributed by atoms with E-state index in [2.05, 4.69) is 20.6 Å². The summed E-state index contributed by atoms with van der Waals surface area (Å²) in [5, 5.41) is 6.80. The number of imidazole rings is 1. The molecular weight excluding hydrogens is 451 g/mol. The van der Waals surface area contributed by atoms with Gasteiger partial charge in [-0.05, 0) is 66.3 Å². The first-order valence-corrected chi connectivity index (χ1v) is 10.4. The van der Waals surface area contributed by atoms with Gasteiger partial charge in [-0.3, -0.25) is 10.1 Å². The summed E-state index contributed by atoms with van der Waals surface area (Å²) in [5.41, 5.74) is 4.06. The summed E-state index contributed by atoms with van der Waals surface area (Å²) in [6, 6.07) is 20.3. The topological polar surface area (TPSA) is 69.8 Å². The minimum absolute atomic E-state index is 0.134. The van der Waals surface area contributed by atoms with E-state index < -0.39 is 0 Å². The highest BCUT2D eigenvalue weighted by Crippen LogP contribution is 2.28. The largest absolute Gasteiger partial charge is 0.338 e. The molecule has 0 atom stereocenters. The first kappa shape index (κ1) is 21.1. The summed E-state index contributed by atoms with van der Waals surface area (Å²) in [6.07, 6.45) is 3.06. The van der Waals surface area contributed by atoms with Crippen LogP contribution in [0.2, 0.25) is 10.0 Å². The Hall–Kier alpha value is -3.19. The molecule has 4 rings (SSSR count). The number of hydrogen-bond donors (Lipinski definition) is 3. The third-order valence-electron chi connectivity index (χ3n) is 4.41. The Bertz CT molecular complexity index is 1270. The second kappa shape index (κ2) is 9.31. The van der Waals surface area contributed by atoms with Gasteiger partial charge in [0.25, 0.3) is 0 Å². The average Bonchev–Trinajstić information content (AvgIpc) is 3.19. The van der Waals surface area contributed by atoms with Crippen molar-refractivity contribution in [1.82, 2.24) is 15.3 Å². The van der Waals surface area contributed by atoms with Crippen molar-refractivity contribution in [3.63, 3.8) is 0 Å². The fourth-order valence-corrected chi connectivity index (χ4v) is 3.41. The Morgan fingerprint density at radius 3 is 2.58 bits per heavy atom. The Balaban J connectivity index is 1.44. The summed E-state index contributed by atoms with van der Waals surface area (Å²) < 4.78 is 0. The molecule has 0 aliphatic carbocycles. The second-order valence-corrected chi connectivity index (χ2v) is 7.88. The summed E-state index contributed by atoms with van der Waals surface area (Å²) in [6.45, 7) is 0. The molecule has 3 N–H and O–H groups in total. The van der Waals surface area contributed by atoms with E-state index in [1.54, 1.807) is 24.3 Å². The van der Waals surface area contributed by atoms with Crippen LogP contribution in [0.4, 0.5) is 5.69 Å². The molecule has 0 spiro atoms. The van der Waals surface area contributed by atoms with Crippen LogP contribution in [0.1, 0.15) is 5.56 Å². The standard InChI is InChI=1S/C23H16Cl2N4OS/c24-16-9-5-14(6-10-16)7-12-21(30)29-23(31)28-20-13-15(8-11-17(20)25)22-26-18-3-1-2-4-19(18)27-22/h1-13H,(H,26,27)(H2,28,29,30,31)/b12-7+. The zero-order valence-electron chi connectivity index (χ0n) is 16.0. The highest BCUT2D eigenvalue weighted by atomic mass is 35.5. The van der Waals surface area contributed by atoms with Crippen LogP contribution in [0.25, 0.3) is 28.5 Å². The monoisotopic (exact) mass is 466 g/mol. The Kier molecular flexibility index (Phi) is 6.32. The predicted molar refractivity (Wildman–Crippen MR) is 131 cm³/mol. The van der Waals surface area contributed by atoms with Crippen molar-refractivity contribution in [2.24, 2.45) is 0 Å². The molecule has 1 heterocycles. The number of thiocarbonyl (C=S) groups is 1. The Labute approximate surface area is 194 Å². The van der Waals surface area contributed by atoms with E-state index in [4.69, 9.17) is 35.4 Å². The van der Waals surface area contributed by atoms with E-state index >= 15 is 0 Å². The molecule has 154 valence electrons. The maximum atomic E-state index is 12.2. The summed E-state index contributed by atoms with van der Waals surface area (Å²) in [5.74, 6) is 0.346. The molecule has 1 aromatic heterocycles. The van der Waals surface area contributed by atoms with Gasteiger partial charge in [0.1, 0.15) is 5.82 Å². The number of aromatic amines is 1. The molecule has 31 heavy (non-hydrogen) atoms. The number of nitrogens with zero attached hydrogens (tertiary/aromatic N) is 1. The average molecular weight is 467 g/mol. The minimum atomic E-state index is -0.364. The maximum absolute atomic E-state index is 12.2. The molecule has 4 aromatic rings. The van der Waals surface area contributed by atoms with Gasteiger partial charge in [-0.25, -0.2) is 4.98 Å². The number of H-pyrrole nitrogens is 1. The van der Waals surface area contributed by atoms with E-state index in [9.17, 15) is 4.79 Å². The number of nitrogens with one attached hydrogen (secondary N) is 3. The number of carbonyl (C=O) groups is 1. The number of rotatable bonds is 4. The quantitative estimate of drug-likeness (QED) is 0.252. The van der Waals surface area contributed by atoms with Crippen molar-refractivity contribution < 1.29 is 4.79 Å². The van der Waals surface area contributed by atoms with Crippen LogP contribution in [-0.4, -0.2) is 21.0 Å². The normalized spacial score (nSPS) is 11.0. The zero-order valence-corrected chi connectivity index (χ0v) is 18.4. The van der Waals surface area contributed by atoms with Crippen molar-refractivity contribution in [2.75, 3.05) is 5.32 Å². The third kappa shape index (κ3) is 5.30. The lowest BCUT2D eigenvalue weighted by Gasteiger charge is -2.11. The molecule has 0 aliphatic rings. The first-order chi connectivity index (χ1) is 15.0. The van der Waals surface area contributed by atoms with Gasteiger partial charge in [-0.2, -0.15) is 0 Å². The summed E-state index contributed by atoms with van der Waals surface area (Å²) in [7, 11) is 0. The first-order valence-electron chi connectivity index (χ1n) is 9.28. The van der Waals surface area contributed by atoms with Crippen molar-refractivity contribution in [3.8, 4) is 11.4 Å². The number of hydrogen-bond acceptors (Lipinski definition) is 3. The molecule has 0 aliphatic heterocycles. The van der Waals surface area contributed by atoms with Crippen LogP contribution in [0.5, 0.6) is 0 Å². The number of para-hydroxylation sites is 2. The van der Waals surface area contributed by atoms with Gasteiger partial charge < -0.3 is 10.3 Å². The van der Waals surface area contributed by atoms with Gasteiger partial charge in [0.05, 0.1) is 21.7 Å². The maximum Gasteiger partial charge on any atom is 0.250 e. The molecule has 3 aromatic carbocycles. The number of carbonyl (C=O) groups excluding carboxylic acids is 1. The summed E-state index contributed by atoms with van der Waals surface area (Å²) >= 11 is 17.4. The lowest BCUT2D eigenvalue weighted by Crippen LogP contribution is -2.32. The number of anilines is 1. The Morgan fingerprint density at radius 1 is 1.03 bits per heavy atom. The van der Waals surface area contributed by atoms with Gasteiger partial charge in [-0.15, -0.1) is 0 Å². The van der Waals surface area contributed by atoms with Crippen molar-refractivity contribution >= 4 is 69.2 Å². The third-order valence-corrected chi connectivity index (χ3v) is 5.20. The number of benzene rings is 3. The molecule has 8 heteroatoms. The smallest absolute Gasteiger partial charge is 0.250 e. The van der Waals surface area contributed by atoms with Crippen molar-refractivity contribution in [3.05, 3.63) is 88.4 Å². The molecule has 0 unspecified atom stereocenters. The van der Waals surface area contributed by atoms with E-state index in [-0.39, 0.29) is 11.0 Å². The van der Waals surface area contributed by atoms with Gasteiger partial charge in [-0.1, -0.05) is 47.5 Å². The molecule has 5 nitrogen and oxygen atoms in total. The van der Waals surface area contributed by atoms with Crippen LogP contribution in [0, 0.1) is 0 Å². The highest BCUT2D eigenvalue weighted by Gasteiger charge is 2.10. The van der Waals surface area contributed by atoms with E-state index in [0.29, 0.717) is 21.6 Å². The molecule has 0 fully saturated rings. The number of aromatic nitrogens is 2. The van der Waals surface area contributed by atoms with Gasteiger partial charge in [0, 0.05) is 16.7 Å². The fraction of sp³-hybridized carbons (Fsp3) is 0. The van der Waals surface area contributed by atoms with Crippen molar-refractivity contribution in [1.29, 1.82) is 0 Å². The lowest BCUT2D eigenvalue weighted by atomic mass is 10.2. The van der Waals surface area contributed by atoms with Crippen LogP contribution in [0.3, 0.4) is 0 Å². The number of fused-ring (bicyclic) bond motifs is 1. The minimum Gasteiger partial charge on any atom is -0.338 e. The molecular formula is C23H16Cl2N4OS. The molecule has 0 radical (unpaired) electrons. The lowest BCUT2D eigenvalue weighted by molar-refractivity contribution is -0.115. The van der Waals surface area contributed by atoms with Gasteiger partial charge in [0.2, 0.25) is 5.91 Å². The molecule has 1 amide bonds. The number of halogens is 2. The van der Waals surface area contributed by atoms with Crippen LogP contribution in [0.15, 0.2) is 72.8 Å². The van der Waals surface area contributed by atoms with Crippen LogP contribution >= 0.6 is 35.4 Å². The van der Waals surface area contributed by atoms with E-state index in [0.717, 1.165) is 22.2 Å². The van der Waals surface area contributed by atoms with Crippen LogP contribution < -0.4 is 10.6 Å². The van der Waals surface area contributed by atoms with Crippen LogP contribution in [-0.2, 0) is 4.79 Å². The van der Waals surface area contributed by atoms with Gasteiger partial charge >= 0.3 is 0 Å². The predicted octanol–water partition coefficient (Wildman–Crippen LogP) is 6.06. The highest BCUT2D eigenvalue weighted by molar-refractivity contribution is 7.80. The second-order valence-electron chi connectivity index (χ2n) is 6.63. The summed E-state index contributed by atoms with van der Waals surface area (Å²) in [4.78, 5) is 20.0. The fourth-order valence-electron chi connectivity index (χ4n) is 2.91. The molecule has 0 bridgehead atoms. The zero-order chi connectivity index (χ0) is 21.8. The Morgan fingerprint density at radius 2 is 1.81 bits per heavy atom. The van der Waals surface area contributed by atoms with Gasteiger partial charge in [0.15, 0.2) is 5.11 Å². The molecule has 0 saturated heterocycles. The SMILES string of the molecule is O=C(/C=C/c1ccc(Cl)cc1)NC(=S)Nc1cc(-c2nc3ccccc3[nH]2)ccc1Cl. The van der Waals surface area contributed by atoms with E-state index in [1.807, 2.05) is 48.5 Å². The molecule has 0 saturated carbocycles.